The standard InChI is InChI=1S/C16H13N3O/c17-11-19-16-18-10-15(20-16)14-8-6-13(7-9-14)12-4-2-1-3-5-12/h1-9,15H,10H2,(H,18,19). The van der Waals surface area contributed by atoms with Crippen molar-refractivity contribution in [2.75, 3.05) is 6.54 Å². The van der Waals surface area contributed by atoms with Gasteiger partial charge in [-0.1, -0.05) is 54.6 Å². The summed E-state index contributed by atoms with van der Waals surface area (Å²) in [4.78, 5) is 4.12. The van der Waals surface area contributed by atoms with Gasteiger partial charge in [0, 0.05) is 0 Å². The van der Waals surface area contributed by atoms with Crippen LogP contribution in [-0.4, -0.2) is 12.6 Å². The Bertz CT molecular complexity index is 656. The Morgan fingerprint density at radius 1 is 1.05 bits per heavy atom. The monoisotopic (exact) mass is 263 g/mol. The molecular weight excluding hydrogens is 250 g/mol. The molecular formula is C16H13N3O. The van der Waals surface area contributed by atoms with E-state index in [1.165, 1.54) is 11.1 Å². The molecule has 0 aromatic heterocycles. The third-order valence-corrected chi connectivity index (χ3v) is 3.21. The van der Waals surface area contributed by atoms with Crippen LogP contribution in [-0.2, 0) is 4.74 Å². The highest BCUT2D eigenvalue weighted by Crippen LogP contribution is 2.25. The van der Waals surface area contributed by atoms with Gasteiger partial charge in [-0.2, -0.15) is 5.26 Å². The third-order valence-electron chi connectivity index (χ3n) is 3.21. The SMILES string of the molecule is N#CNC1=NCC(c2ccc(-c3ccccc3)cc2)O1. The average Bonchev–Trinajstić information content (AvgIpc) is 2.97. The molecule has 2 aromatic rings. The van der Waals surface area contributed by atoms with Crippen LogP contribution in [0.15, 0.2) is 59.6 Å². The number of aliphatic imine (C=N–C) groups is 1. The zero-order chi connectivity index (χ0) is 13.8. The Morgan fingerprint density at radius 2 is 1.75 bits per heavy atom. The van der Waals surface area contributed by atoms with Crippen molar-refractivity contribution in [3.63, 3.8) is 0 Å². The van der Waals surface area contributed by atoms with Crippen molar-refractivity contribution in [1.29, 1.82) is 5.26 Å². The van der Waals surface area contributed by atoms with Crippen molar-refractivity contribution in [2.45, 2.75) is 6.10 Å². The van der Waals surface area contributed by atoms with Gasteiger partial charge in [0.1, 0.15) is 6.10 Å². The molecule has 4 heteroatoms. The molecule has 0 aliphatic carbocycles. The van der Waals surface area contributed by atoms with Gasteiger partial charge in [-0.25, -0.2) is 10.3 Å². The minimum Gasteiger partial charge on any atom is -0.454 e. The van der Waals surface area contributed by atoms with Crippen LogP contribution >= 0.6 is 0 Å². The van der Waals surface area contributed by atoms with Gasteiger partial charge in [-0.3, -0.25) is 0 Å². The highest BCUT2D eigenvalue weighted by molar-refractivity contribution is 5.76. The van der Waals surface area contributed by atoms with Crippen molar-refractivity contribution < 1.29 is 4.74 Å². The summed E-state index contributed by atoms with van der Waals surface area (Å²) in [6.07, 6.45) is 1.69. The summed E-state index contributed by atoms with van der Waals surface area (Å²) in [5.74, 6) is 0. The first-order chi connectivity index (χ1) is 9.86. The summed E-state index contributed by atoms with van der Waals surface area (Å²) in [6, 6.07) is 18.7. The van der Waals surface area contributed by atoms with Gasteiger partial charge in [0.25, 0.3) is 6.02 Å². The molecule has 0 saturated heterocycles. The van der Waals surface area contributed by atoms with Crippen LogP contribution in [0.5, 0.6) is 0 Å². The molecule has 0 bridgehead atoms. The van der Waals surface area contributed by atoms with Gasteiger partial charge in [-0.15, -0.1) is 0 Å². The van der Waals surface area contributed by atoms with Gasteiger partial charge >= 0.3 is 0 Å². The highest BCUT2D eigenvalue weighted by atomic mass is 16.5. The fourth-order valence-electron chi connectivity index (χ4n) is 2.19. The second kappa shape index (κ2) is 5.45. The topological polar surface area (TPSA) is 57.4 Å². The van der Waals surface area contributed by atoms with Crippen molar-refractivity contribution in [1.82, 2.24) is 5.32 Å². The van der Waals surface area contributed by atoms with Crippen molar-refractivity contribution in [3.05, 3.63) is 60.2 Å². The molecule has 1 aliphatic heterocycles. The lowest BCUT2D eigenvalue weighted by molar-refractivity contribution is 0.222. The molecule has 3 rings (SSSR count). The normalized spacial score (nSPS) is 16.9. The summed E-state index contributed by atoms with van der Waals surface area (Å²) < 4.78 is 5.55. The Hall–Kier alpha value is -2.80. The highest BCUT2D eigenvalue weighted by Gasteiger charge is 2.21. The summed E-state index contributed by atoms with van der Waals surface area (Å²) in [7, 11) is 0. The fourth-order valence-corrected chi connectivity index (χ4v) is 2.19. The lowest BCUT2D eigenvalue weighted by Crippen LogP contribution is -2.18. The van der Waals surface area contributed by atoms with Crippen LogP contribution in [0.1, 0.15) is 11.7 Å². The lowest BCUT2D eigenvalue weighted by atomic mass is 10.0. The summed E-state index contributed by atoms with van der Waals surface area (Å²) in [6.45, 7) is 0.536. The molecule has 1 aliphatic rings. The number of ether oxygens (including phenoxy) is 1. The molecule has 0 amide bonds. The van der Waals surface area contributed by atoms with Gasteiger partial charge in [0.2, 0.25) is 0 Å². The Morgan fingerprint density at radius 3 is 2.45 bits per heavy atom. The van der Waals surface area contributed by atoms with Gasteiger partial charge < -0.3 is 4.74 Å². The molecule has 1 heterocycles. The number of hydrogen-bond acceptors (Lipinski definition) is 4. The number of benzene rings is 2. The minimum atomic E-state index is -0.115. The smallest absolute Gasteiger partial charge is 0.299 e. The van der Waals surface area contributed by atoms with Gasteiger partial charge in [0.15, 0.2) is 6.19 Å². The van der Waals surface area contributed by atoms with Crippen LogP contribution < -0.4 is 5.32 Å². The van der Waals surface area contributed by atoms with E-state index in [1.54, 1.807) is 6.19 Å². The number of amidine groups is 1. The van der Waals surface area contributed by atoms with Crippen LogP contribution in [0.4, 0.5) is 0 Å². The summed E-state index contributed by atoms with van der Waals surface area (Å²) in [5, 5.41) is 10.9. The van der Waals surface area contributed by atoms with Crippen LogP contribution in [0.3, 0.4) is 0 Å². The van der Waals surface area contributed by atoms with Crippen molar-refractivity contribution in [2.24, 2.45) is 4.99 Å². The summed E-state index contributed by atoms with van der Waals surface area (Å²) >= 11 is 0. The zero-order valence-electron chi connectivity index (χ0n) is 10.8. The van der Waals surface area contributed by atoms with E-state index in [4.69, 9.17) is 10.00 Å². The minimum absolute atomic E-state index is 0.115. The average molecular weight is 263 g/mol. The number of rotatable bonds is 2. The molecule has 0 saturated carbocycles. The molecule has 1 N–H and O–H groups in total. The first-order valence-corrected chi connectivity index (χ1v) is 6.38. The van der Waals surface area contributed by atoms with E-state index in [-0.39, 0.29) is 6.10 Å². The number of hydrogen-bond donors (Lipinski definition) is 1. The van der Waals surface area contributed by atoms with E-state index in [0.717, 1.165) is 5.56 Å². The molecule has 98 valence electrons. The molecule has 1 atom stereocenters. The Kier molecular flexibility index (Phi) is 3.34. The molecule has 0 radical (unpaired) electrons. The van der Waals surface area contributed by atoms with Gasteiger partial charge in [0.05, 0.1) is 6.54 Å². The van der Waals surface area contributed by atoms with E-state index in [9.17, 15) is 0 Å². The second-order valence-corrected chi connectivity index (χ2v) is 4.48. The van der Waals surface area contributed by atoms with Crippen LogP contribution in [0, 0.1) is 11.5 Å². The Balaban J connectivity index is 1.74. The predicted octanol–water partition coefficient (Wildman–Crippen LogP) is 2.85. The van der Waals surface area contributed by atoms with Crippen LogP contribution in [0.25, 0.3) is 11.1 Å². The maximum absolute atomic E-state index is 8.52. The lowest BCUT2D eigenvalue weighted by Gasteiger charge is -2.11. The number of nitriles is 1. The number of nitrogens with one attached hydrogen (secondary N) is 1. The molecule has 20 heavy (non-hydrogen) atoms. The number of nitrogens with zero attached hydrogens (tertiary/aromatic N) is 2. The molecule has 0 spiro atoms. The Labute approximate surface area is 117 Å². The third kappa shape index (κ3) is 2.47. The fraction of sp³-hybridized carbons (Fsp3) is 0.125. The van der Waals surface area contributed by atoms with Crippen LogP contribution in [0.2, 0.25) is 0 Å². The summed E-state index contributed by atoms with van der Waals surface area (Å²) in [5.41, 5.74) is 3.42. The van der Waals surface area contributed by atoms with Crippen molar-refractivity contribution in [3.8, 4) is 17.3 Å². The van der Waals surface area contributed by atoms with E-state index < -0.39 is 0 Å². The van der Waals surface area contributed by atoms with E-state index >= 15 is 0 Å². The quantitative estimate of drug-likeness (QED) is 0.669. The molecule has 2 aromatic carbocycles. The van der Waals surface area contributed by atoms with E-state index in [1.807, 2.05) is 30.3 Å². The molecule has 1 unspecified atom stereocenters. The van der Waals surface area contributed by atoms with E-state index in [2.05, 4.69) is 34.6 Å². The predicted molar refractivity (Wildman–Crippen MR) is 76.8 cm³/mol. The maximum Gasteiger partial charge on any atom is 0.299 e. The maximum atomic E-state index is 8.52. The van der Waals surface area contributed by atoms with Crippen molar-refractivity contribution >= 4 is 6.02 Å². The van der Waals surface area contributed by atoms with Gasteiger partial charge in [-0.05, 0) is 16.7 Å². The second-order valence-electron chi connectivity index (χ2n) is 4.48. The first kappa shape index (κ1) is 12.2. The first-order valence-electron chi connectivity index (χ1n) is 6.38. The molecule has 0 fully saturated rings. The zero-order valence-corrected chi connectivity index (χ0v) is 10.8. The largest absolute Gasteiger partial charge is 0.454 e. The van der Waals surface area contributed by atoms with E-state index in [0.29, 0.717) is 12.6 Å². The molecule has 4 nitrogen and oxygen atoms in total.